The normalized spacial score (nSPS) is 13.6. The number of carbonyl (C=O) groups is 4. The fraction of sp³-hybridized carbons (Fsp3) is 0.167. The maximum absolute atomic E-state index is 12.8. The van der Waals surface area contributed by atoms with Crippen LogP contribution in [0.1, 0.15) is 42.4 Å². The number of carbonyl (C=O) groups excluding carboxylic acids is 4. The number of benzene rings is 2. The maximum Gasteiger partial charge on any atom is 0.328 e. The van der Waals surface area contributed by atoms with Gasteiger partial charge in [-0.3, -0.25) is 19.3 Å². The Bertz CT molecular complexity index is 1170. The lowest BCUT2D eigenvalue weighted by Crippen LogP contribution is -2.43. The molecule has 2 aromatic carbocycles. The minimum atomic E-state index is -0.907. The minimum absolute atomic E-state index is 0.00235. The van der Waals surface area contributed by atoms with E-state index in [1.807, 2.05) is 30.3 Å². The molecule has 0 bridgehead atoms. The number of nitrogens with zero attached hydrogens (tertiary/aromatic N) is 1. The number of furan rings is 1. The van der Waals surface area contributed by atoms with Gasteiger partial charge in [0.2, 0.25) is 0 Å². The third kappa shape index (κ3) is 4.15. The van der Waals surface area contributed by atoms with Crippen molar-refractivity contribution in [3.63, 3.8) is 0 Å². The smallest absolute Gasteiger partial charge is 0.328 e. The molecule has 8 heteroatoms. The number of methoxy groups -OCH3 is 1. The summed E-state index contributed by atoms with van der Waals surface area (Å²) < 4.78 is 10.0. The Kier molecular flexibility index (Phi) is 5.85. The molecule has 0 radical (unpaired) electrons. The average Bonchev–Trinajstić information content (AvgIpc) is 3.41. The van der Waals surface area contributed by atoms with Gasteiger partial charge in [0, 0.05) is 12.0 Å². The molecule has 0 aliphatic carbocycles. The summed E-state index contributed by atoms with van der Waals surface area (Å²) in [5.41, 5.74) is 1.36. The monoisotopic (exact) mass is 432 g/mol. The molecule has 8 nitrogen and oxygen atoms in total. The number of ether oxygens (including phenoxy) is 1. The first-order chi connectivity index (χ1) is 15.5. The van der Waals surface area contributed by atoms with Gasteiger partial charge in [0.1, 0.15) is 11.8 Å². The largest absolute Gasteiger partial charge is 0.467 e. The quantitative estimate of drug-likeness (QED) is 0.454. The highest BCUT2D eigenvalue weighted by Crippen LogP contribution is 2.26. The van der Waals surface area contributed by atoms with Crippen LogP contribution in [0.5, 0.6) is 0 Å². The summed E-state index contributed by atoms with van der Waals surface area (Å²) in [6.45, 7) is 0.00235. The first-order valence-corrected chi connectivity index (χ1v) is 9.93. The first kappa shape index (κ1) is 21.0. The second-order valence-corrected chi connectivity index (χ2v) is 7.28. The highest BCUT2D eigenvalue weighted by Gasteiger charge is 2.36. The van der Waals surface area contributed by atoms with E-state index in [0.717, 1.165) is 10.5 Å². The van der Waals surface area contributed by atoms with Crippen molar-refractivity contribution in [3.05, 3.63) is 94.9 Å². The number of nitrogens with one attached hydrogen (secondary N) is 1. The summed E-state index contributed by atoms with van der Waals surface area (Å²) in [6, 6.07) is 15.9. The van der Waals surface area contributed by atoms with Gasteiger partial charge in [-0.15, -0.1) is 0 Å². The zero-order valence-corrected chi connectivity index (χ0v) is 17.2. The van der Waals surface area contributed by atoms with Crippen LogP contribution in [0.2, 0.25) is 0 Å². The fourth-order valence-corrected chi connectivity index (χ4v) is 3.56. The fourth-order valence-electron chi connectivity index (χ4n) is 3.56. The van der Waals surface area contributed by atoms with E-state index < -0.39 is 29.7 Å². The Balaban J connectivity index is 1.53. The summed E-state index contributed by atoms with van der Waals surface area (Å²) in [6.07, 6.45) is 1.71. The van der Waals surface area contributed by atoms with Gasteiger partial charge in [-0.1, -0.05) is 30.3 Å². The van der Waals surface area contributed by atoms with E-state index in [-0.39, 0.29) is 29.7 Å². The highest BCUT2D eigenvalue weighted by atomic mass is 16.5. The third-order valence-corrected chi connectivity index (χ3v) is 5.20. The molecule has 0 unspecified atom stereocenters. The van der Waals surface area contributed by atoms with E-state index in [9.17, 15) is 19.2 Å². The molecule has 4 rings (SSSR count). The zero-order valence-electron chi connectivity index (χ0n) is 17.2. The predicted octanol–water partition coefficient (Wildman–Crippen LogP) is 2.59. The van der Waals surface area contributed by atoms with Gasteiger partial charge in [0.25, 0.3) is 17.7 Å². The van der Waals surface area contributed by atoms with Crippen LogP contribution in [-0.2, 0) is 22.5 Å². The number of rotatable bonds is 7. The van der Waals surface area contributed by atoms with Crippen LogP contribution in [0.15, 0.2) is 71.3 Å². The molecule has 32 heavy (non-hydrogen) atoms. The molecule has 0 fully saturated rings. The van der Waals surface area contributed by atoms with E-state index in [1.165, 1.54) is 31.6 Å². The molecule has 1 aromatic heterocycles. The number of hydrogen-bond acceptors (Lipinski definition) is 6. The number of imide groups is 1. The van der Waals surface area contributed by atoms with Crippen molar-refractivity contribution >= 4 is 23.7 Å². The van der Waals surface area contributed by atoms with Crippen LogP contribution in [0.3, 0.4) is 0 Å². The first-order valence-electron chi connectivity index (χ1n) is 9.93. The van der Waals surface area contributed by atoms with E-state index >= 15 is 0 Å². The van der Waals surface area contributed by atoms with Gasteiger partial charge in [0.05, 0.1) is 31.0 Å². The standard InChI is InChI=1S/C24H20N2O6/c1-31-24(30)20(12-15-6-3-2-4-7-15)25-21(27)16-9-10-18-19(13-16)23(29)26(22(18)28)14-17-8-5-11-32-17/h2-11,13,20H,12,14H2,1H3,(H,25,27)/t20-/m1/s1. The van der Waals surface area contributed by atoms with Crippen LogP contribution in [0.25, 0.3) is 0 Å². The summed E-state index contributed by atoms with van der Waals surface area (Å²) >= 11 is 0. The predicted molar refractivity (Wildman–Crippen MR) is 113 cm³/mol. The molecular weight excluding hydrogens is 412 g/mol. The zero-order chi connectivity index (χ0) is 22.7. The lowest BCUT2D eigenvalue weighted by Gasteiger charge is -2.17. The number of hydrogen-bond donors (Lipinski definition) is 1. The Morgan fingerprint density at radius 1 is 1.00 bits per heavy atom. The summed E-state index contributed by atoms with van der Waals surface area (Å²) in [4.78, 5) is 51.5. The Labute approximate surface area is 183 Å². The van der Waals surface area contributed by atoms with Gasteiger partial charge in [-0.25, -0.2) is 4.79 Å². The van der Waals surface area contributed by atoms with Gasteiger partial charge >= 0.3 is 5.97 Å². The molecule has 1 aliphatic rings. The molecule has 3 aromatic rings. The average molecular weight is 432 g/mol. The summed E-state index contributed by atoms with van der Waals surface area (Å²) in [5, 5.41) is 2.66. The highest BCUT2D eigenvalue weighted by molar-refractivity contribution is 6.22. The molecular formula is C24H20N2O6. The molecule has 1 atom stereocenters. The van der Waals surface area contributed by atoms with E-state index in [4.69, 9.17) is 9.15 Å². The van der Waals surface area contributed by atoms with Crippen LogP contribution in [0, 0.1) is 0 Å². The Morgan fingerprint density at radius 2 is 1.75 bits per heavy atom. The van der Waals surface area contributed by atoms with Gasteiger partial charge in [0.15, 0.2) is 0 Å². The second kappa shape index (κ2) is 8.89. The molecule has 0 spiro atoms. The van der Waals surface area contributed by atoms with Gasteiger partial charge in [-0.2, -0.15) is 0 Å². The number of amides is 3. The molecule has 0 saturated heterocycles. The van der Waals surface area contributed by atoms with Crippen molar-refractivity contribution in [3.8, 4) is 0 Å². The van der Waals surface area contributed by atoms with Crippen molar-refractivity contribution < 1.29 is 28.3 Å². The van der Waals surface area contributed by atoms with Crippen molar-refractivity contribution in [2.24, 2.45) is 0 Å². The second-order valence-electron chi connectivity index (χ2n) is 7.28. The van der Waals surface area contributed by atoms with Gasteiger partial charge in [-0.05, 0) is 35.9 Å². The topological polar surface area (TPSA) is 106 Å². The van der Waals surface area contributed by atoms with E-state index in [0.29, 0.717) is 5.76 Å². The number of esters is 1. The van der Waals surface area contributed by atoms with Crippen LogP contribution in [0.4, 0.5) is 0 Å². The SMILES string of the molecule is COC(=O)[C@@H](Cc1ccccc1)NC(=O)c1ccc2c(c1)C(=O)N(Cc1ccco1)C2=O. The Morgan fingerprint density at radius 3 is 2.44 bits per heavy atom. The van der Waals surface area contributed by atoms with Crippen LogP contribution in [-0.4, -0.2) is 41.7 Å². The molecule has 1 aliphatic heterocycles. The molecule has 3 amide bonds. The van der Waals surface area contributed by atoms with Crippen LogP contribution < -0.4 is 5.32 Å². The minimum Gasteiger partial charge on any atom is -0.467 e. The molecule has 0 saturated carbocycles. The van der Waals surface area contributed by atoms with Crippen molar-refractivity contribution in [2.75, 3.05) is 7.11 Å². The van der Waals surface area contributed by atoms with Crippen molar-refractivity contribution in [1.82, 2.24) is 10.2 Å². The lowest BCUT2D eigenvalue weighted by molar-refractivity contribution is -0.142. The number of fused-ring (bicyclic) bond motifs is 1. The van der Waals surface area contributed by atoms with Gasteiger partial charge < -0.3 is 14.5 Å². The molecule has 2 heterocycles. The van der Waals surface area contributed by atoms with Crippen LogP contribution >= 0.6 is 0 Å². The summed E-state index contributed by atoms with van der Waals surface area (Å²) in [5.74, 6) is -1.63. The van der Waals surface area contributed by atoms with Crippen molar-refractivity contribution in [2.45, 2.75) is 19.0 Å². The molecule has 1 N–H and O–H groups in total. The van der Waals surface area contributed by atoms with E-state index in [2.05, 4.69) is 5.32 Å². The van der Waals surface area contributed by atoms with E-state index in [1.54, 1.807) is 12.1 Å². The molecule has 162 valence electrons. The summed E-state index contributed by atoms with van der Waals surface area (Å²) in [7, 11) is 1.25. The maximum atomic E-state index is 12.8. The lowest BCUT2D eigenvalue weighted by atomic mass is 10.0. The van der Waals surface area contributed by atoms with Crippen molar-refractivity contribution in [1.29, 1.82) is 0 Å². The Hall–Kier alpha value is -4.20. The third-order valence-electron chi connectivity index (χ3n) is 5.20.